The zero-order valence-electron chi connectivity index (χ0n) is 8.90. The topological polar surface area (TPSA) is 29.1 Å². The lowest BCUT2D eigenvalue weighted by Crippen LogP contribution is -2.19. The zero-order valence-corrected chi connectivity index (χ0v) is 8.90. The number of rotatable bonds is 3. The highest BCUT2D eigenvalue weighted by Gasteiger charge is 2.29. The molecular weight excluding hydrogens is 207 g/mol. The number of alkyl halides is 3. The molecule has 0 saturated carbocycles. The molecule has 0 spiro atoms. The van der Waals surface area contributed by atoms with Crippen molar-refractivity contribution in [3.63, 3.8) is 0 Å². The second-order valence-electron chi connectivity index (χ2n) is 3.07. The first-order valence-corrected chi connectivity index (χ1v) is 4.50. The van der Waals surface area contributed by atoms with Crippen LogP contribution < -0.4 is 5.32 Å². The maximum Gasteiger partial charge on any atom is 0.412 e. The predicted octanol–water partition coefficient (Wildman–Crippen LogP) is 2.93. The highest BCUT2D eigenvalue weighted by molar-refractivity contribution is 5.75. The fourth-order valence-corrected chi connectivity index (χ4v) is 0.884. The molecular formula is C10H14F3NO. The molecule has 1 N–H and O–H groups in total. The van der Waals surface area contributed by atoms with Crippen LogP contribution in [-0.4, -0.2) is 12.1 Å². The van der Waals surface area contributed by atoms with Gasteiger partial charge in [0.2, 0.25) is 5.91 Å². The molecule has 0 aliphatic carbocycles. The Morgan fingerprint density at radius 3 is 2.20 bits per heavy atom. The van der Waals surface area contributed by atoms with E-state index in [-0.39, 0.29) is 11.6 Å². The predicted molar refractivity (Wildman–Crippen MR) is 52.0 cm³/mol. The highest BCUT2D eigenvalue weighted by atomic mass is 19.4. The summed E-state index contributed by atoms with van der Waals surface area (Å²) in [7, 11) is 0. The van der Waals surface area contributed by atoms with Crippen molar-refractivity contribution in [3.8, 4) is 0 Å². The molecule has 0 unspecified atom stereocenters. The SMILES string of the molecule is CC/C=C(\C=C(/C)C(F)(F)F)NC(C)=O. The van der Waals surface area contributed by atoms with Crippen LogP contribution in [0.15, 0.2) is 23.4 Å². The van der Waals surface area contributed by atoms with Crippen molar-refractivity contribution in [3.05, 3.63) is 23.4 Å². The van der Waals surface area contributed by atoms with Gasteiger partial charge < -0.3 is 5.32 Å². The second kappa shape index (κ2) is 5.58. The first-order chi connectivity index (χ1) is 6.77. The summed E-state index contributed by atoms with van der Waals surface area (Å²) in [5.74, 6) is -0.388. The van der Waals surface area contributed by atoms with E-state index < -0.39 is 11.7 Å². The number of halogens is 3. The van der Waals surface area contributed by atoms with Gasteiger partial charge >= 0.3 is 6.18 Å². The number of hydrogen-bond donors (Lipinski definition) is 1. The van der Waals surface area contributed by atoms with Crippen LogP contribution in [0, 0.1) is 0 Å². The fraction of sp³-hybridized carbons (Fsp3) is 0.500. The normalized spacial score (nSPS) is 14.0. The van der Waals surface area contributed by atoms with Crippen LogP contribution in [0.3, 0.4) is 0 Å². The standard InChI is InChI=1S/C10H14F3NO/c1-4-5-9(14-8(3)15)6-7(2)10(11,12)13/h5-6H,4H2,1-3H3,(H,14,15)/b7-6+,9-5+. The molecule has 0 aromatic carbocycles. The van der Waals surface area contributed by atoms with Crippen LogP contribution in [-0.2, 0) is 4.79 Å². The number of hydrogen-bond acceptors (Lipinski definition) is 1. The first-order valence-electron chi connectivity index (χ1n) is 4.50. The number of carbonyl (C=O) groups is 1. The molecule has 5 heteroatoms. The Morgan fingerprint density at radius 2 is 1.87 bits per heavy atom. The summed E-state index contributed by atoms with van der Waals surface area (Å²) in [6.07, 6.45) is -1.36. The van der Waals surface area contributed by atoms with Gasteiger partial charge in [-0.05, 0) is 19.4 Å². The highest BCUT2D eigenvalue weighted by Crippen LogP contribution is 2.25. The Balaban J connectivity index is 4.82. The van der Waals surface area contributed by atoms with Crippen LogP contribution >= 0.6 is 0 Å². The van der Waals surface area contributed by atoms with Gasteiger partial charge in [-0.3, -0.25) is 4.79 Å². The third-order valence-corrected chi connectivity index (χ3v) is 1.56. The van der Waals surface area contributed by atoms with Crippen LogP contribution in [0.25, 0.3) is 0 Å². The lowest BCUT2D eigenvalue weighted by Gasteiger charge is -2.08. The minimum absolute atomic E-state index is 0.180. The van der Waals surface area contributed by atoms with Crippen molar-refractivity contribution in [1.29, 1.82) is 0 Å². The molecule has 0 atom stereocenters. The average Bonchev–Trinajstić information content (AvgIpc) is 2.01. The van der Waals surface area contributed by atoms with Crippen molar-refractivity contribution >= 4 is 5.91 Å². The van der Waals surface area contributed by atoms with Gasteiger partial charge in [0.15, 0.2) is 0 Å². The molecule has 0 aliphatic heterocycles. The molecule has 15 heavy (non-hydrogen) atoms. The summed E-state index contributed by atoms with van der Waals surface area (Å²) < 4.78 is 36.5. The van der Waals surface area contributed by atoms with E-state index in [0.717, 1.165) is 13.0 Å². The van der Waals surface area contributed by atoms with Gasteiger partial charge in [-0.1, -0.05) is 13.0 Å². The van der Waals surface area contributed by atoms with Crippen LogP contribution in [0.1, 0.15) is 27.2 Å². The largest absolute Gasteiger partial charge is 0.412 e. The summed E-state index contributed by atoms with van der Waals surface area (Å²) in [5, 5.41) is 2.33. The molecule has 0 radical (unpaired) electrons. The molecule has 0 saturated heterocycles. The third kappa shape index (κ3) is 5.93. The van der Waals surface area contributed by atoms with Crippen molar-refractivity contribution in [2.24, 2.45) is 0 Å². The molecule has 0 aromatic rings. The van der Waals surface area contributed by atoms with Crippen molar-refractivity contribution in [1.82, 2.24) is 5.32 Å². The molecule has 86 valence electrons. The van der Waals surface area contributed by atoms with Gasteiger partial charge in [0.05, 0.1) is 0 Å². The molecule has 0 rings (SSSR count). The molecule has 0 heterocycles. The minimum atomic E-state index is -4.36. The maximum absolute atomic E-state index is 12.2. The summed E-state index contributed by atoms with van der Waals surface area (Å²) in [5.41, 5.74) is -0.559. The second-order valence-corrected chi connectivity index (χ2v) is 3.07. The van der Waals surface area contributed by atoms with E-state index in [1.54, 1.807) is 6.92 Å². The van der Waals surface area contributed by atoms with Gasteiger partial charge in [-0.25, -0.2) is 0 Å². The minimum Gasteiger partial charge on any atom is -0.327 e. The summed E-state index contributed by atoms with van der Waals surface area (Å²) in [6.45, 7) is 3.99. The molecule has 0 fully saturated rings. The van der Waals surface area contributed by atoms with Crippen LogP contribution in [0.2, 0.25) is 0 Å². The summed E-state index contributed by atoms with van der Waals surface area (Å²) >= 11 is 0. The number of allylic oxidation sites excluding steroid dienone is 3. The molecule has 0 bridgehead atoms. The van der Waals surface area contributed by atoms with E-state index in [2.05, 4.69) is 5.32 Å². The zero-order chi connectivity index (χ0) is 12.1. The number of nitrogens with one attached hydrogen (secondary N) is 1. The van der Waals surface area contributed by atoms with E-state index >= 15 is 0 Å². The number of carbonyl (C=O) groups excluding carboxylic acids is 1. The molecule has 1 amide bonds. The monoisotopic (exact) mass is 221 g/mol. The van der Waals surface area contributed by atoms with Crippen molar-refractivity contribution < 1.29 is 18.0 Å². The third-order valence-electron chi connectivity index (χ3n) is 1.56. The maximum atomic E-state index is 12.2. The van der Waals surface area contributed by atoms with E-state index in [4.69, 9.17) is 0 Å². The Labute approximate surface area is 86.9 Å². The lowest BCUT2D eigenvalue weighted by molar-refractivity contribution is -0.118. The van der Waals surface area contributed by atoms with Gasteiger partial charge in [0.1, 0.15) is 0 Å². The fourth-order valence-electron chi connectivity index (χ4n) is 0.884. The van der Waals surface area contributed by atoms with E-state index in [0.29, 0.717) is 6.42 Å². The van der Waals surface area contributed by atoms with Crippen LogP contribution in [0.4, 0.5) is 13.2 Å². The van der Waals surface area contributed by atoms with Gasteiger partial charge in [-0.2, -0.15) is 13.2 Å². The Kier molecular flexibility index (Phi) is 5.11. The average molecular weight is 221 g/mol. The lowest BCUT2D eigenvalue weighted by atomic mass is 10.2. The van der Waals surface area contributed by atoms with E-state index in [1.807, 2.05) is 0 Å². The summed E-state index contributed by atoms with van der Waals surface area (Å²) in [4.78, 5) is 10.7. The van der Waals surface area contributed by atoms with Gasteiger partial charge in [-0.15, -0.1) is 0 Å². The van der Waals surface area contributed by atoms with E-state index in [9.17, 15) is 18.0 Å². The smallest absolute Gasteiger partial charge is 0.327 e. The van der Waals surface area contributed by atoms with Gasteiger partial charge in [0.25, 0.3) is 0 Å². The quantitative estimate of drug-likeness (QED) is 0.729. The molecule has 0 aromatic heterocycles. The van der Waals surface area contributed by atoms with Crippen LogP contribution in [0.5, 0.6) is 0 Å². The Morgan fingerprint density at radius 1 is 1.33 bits per heavy atom. The van der Waals surface area contributed by atoms with Gasteiger partial charge in [0, 0.05) is 18.2 Å². The number of amides is 1. The van der Waals surface area contributed by atoms with Crippen molar-refractivity contribution in [2.45, 2.75) is 33.4 Å². The Bertz CT molecular complexity index is 290. The Hall–Kier alpha value is -1.26. The van der Waals surface area contributed by atoms with E-state index in [1.165, 1.54) is 13.0 Å². The summed E-state index contributed by atoms with van der Waals surface area (Å²) in [6, 6.07) is 0. The van der Waals surface area contributed by atoms with Crippen molar-refractivity contribution in [2.75, 3.05) is 0 Å². The molecule has 2 nitrogen and oxygen atoms in total. The molecule has 0 aliphatic rings. The first kappa shape index (κ1) is 13.7.